The molecular weight excluding hydrogens is 599 g/mol. The highest BCUT2D eigenvalue weighted by atomic mass is 31.2. The van der Waals surface area contributed by atoms with Crippen LogP contribution < -0.4 is 11.2 Å². The van der Waals surface area contributed by atoms with Crippen LogP contribution in [-0.4, -0.2) is 73.0 Å². The summed E-state index contributed by atoms with van der Waals surface area (Å²) in [5.41, 5.74) is -1.36. The first-order chi connectivity index (χ1) is 21.0. The number of rotatable bonds is 11. The number of esters is 2. The van der Waals surface area contributed by atoms with Gasteiger partial charge in [-0.15, -0.1) is 0 Å². The molecule has 2 heterocycles. The number of hydrogen-bond acceptors (Lipinski definition) is 12. The third-order valence-electron chi connectivity index (χ3n) is 6.89. The second-order valence-corrected chi connectivity index (χ2v) is 11.9. The zero-order chi connectivity index (χ0) is 32.0. The van der Waals surface area contributed by atoms with Crippen LogP contribution in [0.5, 0.6) is 0 Å². The zero-order valence-corrected chi connectivity index (χ0v) is 25.2. The highest BCUT2D eigenvalue weighted by Crippen LogP contribution is 2.52. The Bertz CT molecular complexity index is 1660. The Morgan fingerprint density at radius 3 is 2.11 bits per heavy atom. The molecule has 1 aliphatic heterocycles. The van der Waals surface area contributed by atoms with Crippen molar-refractivity contribution in [3.8, 4) is 0 Å². The Morgan fingerprint density at radius 2 is 1.55 bits per heavy atom. The quantitative estimate of drug-likeness (QED) is 0.225. The molecule has 4 rings (SSSR count). The smallest absolute Gasteiger partial charge is 0.370 e. The van der Waals surface area contributed by atoms with Crippen molar-refractivity contribution in [2.45, 2.75) is 37.6 Å². The van der Waals surface area contributed by atoms with E-state index in [1.54, 1.807) is 48.5 Å². The molecule has 1 aromatic heterocycles. The summed E-state index contributed by atoms with van der Waals surface area (Å²) < 4.78 is 46.5. The van der Waals surface area contributed by atoms with Gasteiger partial charge in [-0.2, -0.15) is 4.57 Å². The first-order valence-corrected chi connectivity index (χ1v) is 14.9. The van der Waals surface area contributed by atoms with E-state index in [4.69, 9.17) is 28.0 Å². The lowest BCUT2D eigenvalue weighted by Crippen LogP contribution is -2.45. The van der Waals surface area contributed by atoms with E-state index in [2.05, 4.69) is 0 Å². The lowest BCUT2D eigenvalue weighted by Gasteiger charge is -2.25. The molecule has 0 bridgehead atoms. The van der Waals surface area contributed by atoms with Crippen LogP contribution in [0, 0.1) is 6.92 Å². The monoisotopic (exact) mass is 630 g/mol. The van der Waals surface area contributed by atoms with Gasteiger partial charge in [-0.25, -0.2) is 14.4 Å². The standard InChI is InChI=1S/C29H31N2O12P/c1-18-16-30(29(36)31(24(18)32)25(33)19-11-7-5-8-12-19)23-15-21(43-26(34)20-13-9-6-10-14-20)22(42-23)17-41-28(27(35)38-2)44(37,39-3)40-4/h5-14,16,21-23,28H,15,17H2,1-4H3/t21-,22+,23+,28?/m0/s1. The molecule has 0 amide bonds. The van der Waals surface area contributed by atoms with Gasteiger partial charge in [0.1, 0.15) is 18.4 Å². The second kappa shape index (κ2) is 14.1. The molecule has 44 heavy (non-hydrogen) atoms. The highest BCUT2D eigenvalue weighted by molar-refractivity contribution is 7.55. The summed E-state index contributed by atoms with van der Waals surface area (Å²) in [6.45, 7) is 0.944. The number of aryl methyl sites for hydroxylation is 1. The van der Waals surface area contributed by atoms with Crippen LogP contribution in [0.1, 0.15) is 38.9 Å². The fraction of sp³-hybridized carbons (Fsp3) is 0.345. The Hall–Kier alpha value is -4.20. The first-order valence-electron chi connectivity index (χ1n) is 13.3. The average Bonchev–Trinajstić information content (AvgIpc) is 3.44. The minimum atomic E-state index is -4.15. The largest absolute Gasteiger partial charge is 0.467 e. The molecule has 0 aliphatic carbocycles. The molecule has 1 aliphatic rings. The fourth-order valence-corrected chi connectivity index (χ4v) is 5.72. The summed E-state index contributed by atoms with van der Waals surface area (Å²) in [7, 11) is -0.958. The van der Waals surface area contributed by atoms with Gasteiger partial charge in [-0.05, 0) is 31.2 Å². The summed E-state index contributed by atoms with van der Waals surface area (Å²) in [6, 6.07) is 15.9. The number of carbonyl (C=O) groups excluding carboxylic acids is 3. The SMILES string of the molecule is COC(=O)C(OC[C@H]1O[C@@H](n2cc(C)c(=O)n(C(=O)c3ccccc3)c2=O)C[C@@H]1OC(=O)c1ccccc1)P(=O)(OC)OC. The van der Waals surface area contributed by atoms with Crippen molar-refractivity contribution in [1.29, 1.82) is 0 Å². The number of carbonyl (C=O) groups is 3. The normalized spacial score (nSPS) is 18.9. The van der Waals surface area contributed by atoms with Crippen LogP contribution in [-0.2, 0) is 37.4 Å². The molecule has 0 radical (unpaired) electrons. The minimum Gasteiger partial charge on any atom is -0.467 e. The Balaban J connectivity index is 1.69. The molecule has 2 aromatic carbocycles. The van der Waals surface area contributed by atoms with E-state index in [1.165, 1.54) is 25.3 Å². The van der Waals surface area contributed by atoms with Gasteiger partial charge in [0.2, 0.25) is 0 Å². The Morgan fingerprint density at radius 1 is 0.955 bits per heavy atom. The zero-order valence-electron chi connectivity index (χ0n) is 24.3. The lowest BCUT2D eigenvalue weighted by molar-refractivity contribution is -0.153. The van der Waals surface area contributed by atoms with E-state index in [9.17, 15) is 28.5 Å². The molecule has 0 saturated carbocycles. The lowest BCUT2D eigenvalue weighted by atomic mass is 10.1. The summed E-state index contributed by atoms with van der Waals surface area (Å²) in [4.78, 5) is 65.1. The third-order valence-corrected chi connectivity index (χ3v) is 8.84. The summed E-state index contributed by atoms with van der Waals surface area (Å²) in [5, 5.41) is 0. The van der Waals surface area contributed by atoms with Crippen LogP contribution in [0.25, 0.3) is 0 Å². The maximum atomic E-state index is 13.6. The number of methoxy groups -OCH3 is 1. The van der Waals surface area contributed by atoms with Crippen LogP contribution >= 0.6 is 7.60 Å². The van der Waals surface area contributed by atoms with Gasteiger partial charge < -0.3 is 28.0 Å². The molecule has 0 N–H and O–H groups in total. The van der Waals surface area contributed by atoms with Gasteiger partial charge in [0.15, 0.2) is 0 Å². The molecule has 14 nitrogen and oxygen atoms in total. The predicted molar refractivity (Wildman–Crippen MR) is 153 cm³/mol. The fourth-order valence-electron chi connectivity index (χ4n) is 4.56. The molecule has 0 spiro atoms. The Kier molecular flexibility index (Phi) is 10.4. The van der Waals surface area contributed by atoms with E-state index < -0.39 is 67.6 Å². The van der Waals surface area contributed by atoms with Crippen LogP contribution in [0.3, 0.4) is 0 Å². The number of aromatic nitrogens is 2. The number of nitrogens with zero attached hydrogens (tertiary/aromatic N) is 2. The maximum absolute atomic E-state index is 13.6. The average molecular weight is 631 g/mol. The van der Waals surface area contributed by atoms with Crippen molar-refractivity contribution < 1.29 is 46.9 Å². The molecule has 1 saturated heterocycles. The highest BCUT2D eigenvalue weighted by Gasteiger charge is 2.46. The van der Waals surface area contributed by atoms with E-state index in [1.807, 2.05) is 0 Å². The van der Waals surface area contributed by atoms with Gasteiger partial charge >= 0.3 is 25.2 Å². The van der Waals surface area contributed by atoms with Crippen molar-refractivity contribution in [3.05, 3.63) is 104 Å². The van der Waals surface area contributed by atoms with E-state index >= 15 is 0 Å². The van der Waals surface area contributed by atoms with E-state index in [0.717, 1.165) is 25.9 Å². The van der Waals surface area contributed by atoms with Crippen molar-refractivity contribution in [1.82, 2.24) is 9.13 Å². The molecule has 234 valence electrons. The maximum Gasteiger partial charge on any atom is 0.370 e. The van der Waals surface area contributed by atoms with Gasteiger partial charge in [0.25, 0.3) is 17.3 Å². The molecule has 1 fully saturated rings. The summed E-state index contributed by atoms with van der Waals surface area (Å²) >= 11 is 0. The molecule has 1 unspecified atom stereocenters. The predicted octanol–water partition coefficient (Wildman–Crippen LogP) is 2.52. The van der Waals surface area contributed by atoms with Gasteiger partial charge in [-0.1, -0.05) is 36.4 Å². The van der Waals surface area contributed by atoms with E-state index in [0.29, 0.717) is 4.57 Å². The van der Waals surface area contributed by atoms with Crippen LogP contribution in [0.4, 0.5) is 0 Å². The topological polar surface area (TPSA) is 168 Å². The molecule has 4 atom stereocenters. The molecular formula is C29H31N2O12P. The molecule has 3 aromatic rings. The molecule has 15 heteroatoms. The number of hydrogen-bond donors (Lipinski definition) is 0. The van der Waals surface area contributed by atoms with Gasteiger partial charge in [0.05, 0.1) is 19.3 Å². The van der Waals surface area contributed by atoms with Crippen molar-refractivity contribution >= 4 is 25.4 Å². The summed E-state index contributed by atoms with van der Waals surface area (Å²) in [5.74, 6) is -4.41. The number of ether oxygens (including phenoxy) is 4. The third kappa shape index (κ3) is 6.79. The Labute approximate surface area is 251 Å². The van der Waals surface area contributed by atoms with Crippen molar-refractivity contribution in [3.63, 3.8) is 0 Å². The second-order valence-electron chi connectivity index (χ2n) is 9.60. The van der Waals surface area contributed by atoms with Gasteiger partial charge in [-0.3, -0.25) is 18.7 Å². The van der Waals surface area contributed by atoms with Crippen LogP contribution in [0.2, 0.25) is 0 Å². The van der Waals surface area contributed by atoms with Gasteiger partial charge in [0, 0.05) is 38.0 Å². The van der Waals surface area contributed by atoms with Crippen LogP contribution in [0.15, 0.2) is 76.4 Å². The van der Waals surface area contributed by atoms with Crippen molar-refractivity contribution in [2.75, 3.05) is 27.9 Å². The minimum absolute atomic E-state index is 0.0712. The first kappa shape index (κ1) is 32.7. The van der Waals surface area contributed by atoms with E-state index in [-0.39, 0.29) is 23.1 Å². The summed E-state index contributed by atoms with van der Waals surface area (Å²) in [6.07, 6.45) is -2.21. The van der Waals surface area contributed by atoms with Crippen molar-refractivity contribution in [2.24, 2.45) is 0 Å². The number of benzene rings is 2.